The van der Waals surface area contributed by atoms with Crippen LogP contribution < -0.4 is 5.32 Å². The summed E-state index contributed by atoms with van der Waals surface area (Å²) >= 11 is 0. The number of rotatable bonds is 4. The first kappa shape index (κ1) is 14.9. The number of para-hydroxylation sites is 1. The van der Waals surface area contributed by atoms with Crippen molar-refractivity contribution in [3.63, 3.8) is 0 Å². The van der Waals surface area contributed by atoms with E-state index in [9.17, 15) is 4.79 Å². The molecule has 4 heteroatoms. The number of carbonyl (C=O) groups excluding carboxylic acids is 1. The van der Waals surface area contributed by atoms with Crippen LogP contribution >= 0.6 is 0 Å². The lowest BCUT2D eigenvalue weighted by atomic mass is 10.1. The summed E-state index contributed by atoms with van der Waals surface area (Å²) in [6, 6.07) is 12.5. The van der Waals surface area contributed by atoms with E-state index in [0.29, 0.717) is 12.6 Å². The average molecular weight is 297 g/mol. The van der Waals surface area contributed by atoms with E-state index < -0.39 is 0 Å². The van der Waals surface area contributed by atoms with Gasteiger partial charge in [0.15, 0.2) is 0 Å². The predicted octanol–water partition coefficient (Wildman–Crippen LogP) is 3.11. The fourth-order valence-corrected chi connectivity index (χ4v) is 3.26. The third-order valence-corrected chi connectivity index (χ3v) is 4.45. The van der Waals surface area contributed by atoms with Crippen molar-refractivity contribution in [1.29, 1.82) is 0 Å². The summed E-state index contributed by atoms with van der Waals surface area (Å²) in [4.78, 5) is 14.6. The minimum atomic E-state index is 0.0652. The van der Waals surface area contributed by atoms with E-state index >= 15 is 0 Å². The monoisotopic (exact) mass is 297 g/mol. The van der Waals surface area contributed by atoms with Crippen LogP contribution in [0.2, 0.25) is 0 Å². The third-order valence-electron chi connectivity index (χ3n) is 4.45. The van der Waals surface area contributed by atoms with Gasteiger partial charge < -0.3 is 9.88 Å². The van der Waals surface area contributed by atoms with Crippen molar-refractivity contribution < 1.29 is 4.79 Å². The Bertz CT molecular complexity index is 662. The van der Waals surface area contributed by atoms with Crippen molar-refractivity contribution in [2.75, 3.05) is 18.4 Å². The molecule has 1 atom stereocenters. The lowest BCUT2D eigenvalue weighted by Gasteiger charge is -2.24. The molecule has 0 saturated carbocycles. The lowest BCUT2D eigenvalue weighted by Crippen LogP contribution is -2.33. The fraction of sp³-hybridized carbons (Fsp3) is 0.389. The highest BCUT2D eigenvalue weighted by Gasteiger charge is 2.28. The van der Waals surface area contributed by atoms with Gasteiger partial charge in [-0.15, -0.1) is 0 Å². The predicted molar refractivity (Wildman–Crippen MR) is 88.8 cm³/mol. The summed E-state index contributed by atoms with van der Waals surface area (Å²) in [6.07, 6.45) is 4.34. The van der Waals surface area contributed by atoms with Crippen LogP contribution in [0, 0.1) is 6.92 Å². The summed E-state index contributed by atoms with van der Waals surface area (Å²) in [7, 11) is 2.07. The molecule has 2 aromatic rings. The molecule has 116 valence electrons. The van der Waals surface area contributed by atoms with E-state index in [1.54, 1.807) is 0 Å². The van der Waals surface area contributed by atoms with E-state index in [-0.39, 0.29) is 5.91 Å². The number of aryl methyl sites for hydroxylation is 2. The first-order valence-corrected chi connectivity index (χ1v) is 7.86. The summed E-state index contributed by atoms with van der Waals surface area (Å²) in [5.74, 6) is 0.0652. The van der Waals surface area contributed by atoms with Gasteiger partial charge in [-0.25, -0.2) is 0 Å². The average Bonchev–Trinajstić information content (AvgIpc) is 3.10. The van der Waals surface area contributed by atoms with E-state index in [0.717, 1.165) is 30.6 Å². The highest BCUT2D eigenvalue weighted by Crippen LogP contribution is 2.31. The molecule has 3 rings (SSSR count). The molecule has 4 nitrogen and oxygen atoms in total. The highest BCUT2D eigenvalue weighted by molar-refractivity contribution is 5.93. The van der Waals surface area contributed by atoms with Gasteiger partial charge in [-0.1, -0.05) is 18.2 Å². The molecule has 1 saturated heterocycles. The molecular weight excluding hydrogens is 274 g/mol. The maximum atomic E-state index is 12.4. The first-order chi connectivity index (χ1) is 10.6. The van der Waals surface area contributed by atoms with Crippen LogP contribution in [0.15, 0.2) is 42.6 Å². The zero-order valence-corrected chi connectivity index (χ0v) is 13.2. The number of likely N-dealkylation sites (tertiary alicyclic amines) is 1. The van der Waals surface area contributed by atoms with Crippen molar-refractivity contribution in [3.05, 3.63) is 53.9 Å². The largest absolute Gasteiger partial charge is 0.353 e. The van der Waals surface area contributed by atoms with Gasteiger partial charge in [0, 0.05) is 24.6 Å². The van der Waals surface area contributed by atoms with Crippen molar-refractivity contribution in [2.24, 2.45) is 7.05 Å². The van der Waals surface area contributed by atoms with Crippen molar-refractivity contribution >= 4 is 11.6 Å². The summed E-state index contributed by atoms with van der Waals surface area (Å²) in [6.45, 7) is 3.44. The molecule has 0 radical (unpaired) electrons. The molecule has 22 heavy (non-hydrogen) atoms. The molecule has 0 spiro atoms. The van der Waals surface area contributed by atoms with E-state index in [1.165, 1.54) is 5.69 Å². The number of nitrogens with one attached hydrogen (secondary N) is 1. The smallest absolute Gasteiger partial charge is 0.238 e. The van der Waals surface area contributed by atoms with E-state index in [4.69, 9.17) is 0 Å². The van der Waals surface area contributed by atoms with Gasteiger partial charge in [0.05, 0.1) is 12.6 Å². The van der Waals surface area contributed by atoms with Gasteiger partial charge in [0.1, 0.15) is 0 Å². The molecule has 1 aromatic carbocycles. The number of amides is 1. The maximum absolute atomic E-state index is 12.4. The molecule has 1 amide bonds. The Morgan fingerprint density at radius 2 is 2.09 bits per heavy atom. The van der Waals surface area contributed by atoms with Crippen LogP contribution in [-0.2, 0) is 11.8 Å². The molecule has 1 aromatic heterocycles. The molecule has 1 N–H and O–H groups in total. The van der Waals surface area contributed by atoms with Crippen LogP contribution in [0.4, 0.5) is 5.69 Å². The van der Waals surface area contributed by atoms with Crippen LogP contribution in [0.1, 0.15) is 30.1 Å². The Balaban J connectivity index is 1.66. The quantitative estimate of drug-likeness (QED) is 0.941. The zero-order valence-electron chi connectivity index (χ0n) is 13.2. The minimum Gasteiger partial charge on any atom is -0.353 e. The Hall–Kier alpha value is -2.07. The number of carbonyl (C=O) groups is 1. The maximum Gasteiger partial charge on any atom is 0.238 e. The van der Waals surface area contributed by atoms with Crippen molar-refractivity contribution in [3.8, 4) is 0 Å². The second-order valence-corrected chi connectivity index (χ2v) is 6.04. The van der Waals surface area contributed by atoms with Crippen LogP contribution in [0.3, 0.4) is 0 Å². The van der Waals surface area contributed by atoms with Crippen LogP contribution in [0.5, 0.6) is 0 Å². The molecule has 1 aliphatic rings. The Morgan fingerprint density at radius 1 is 1.27 bits per heavy atom. The van der Waals surface area contributed by atoms with Gasteiger partial charge in [0.2, 0.25) is 5.91 Å². The Kier molecular flexibility index (Phi) is 4.29. The number of benzene rings is 1. The van der Waals surface area contributed by atoms with Crippen molar-refractivity contribution in [2.45, 2.75) is 25.8 Å². The molecule has 0 aliphatic carbocycles. The van der Waals surface area contributed by atoms with E-state index in [1.807, 2.05) is 31.2 Å². The van der Waals surface area contributed by atoms with Gasteiger partial charge in [-0.3, -0.25) is 9.69 Å². The van der Waals surface area contributed by atoms with Crippen molar-refractivity contribution in [1.82, 2.24) is 9.47 Å². The van der Waals surface area contributed by atoms with Crippen LogP contribution in [0.25, 0.3) is 0 Å². The second-order valence-electron chi connectivity index (χ2n) is 6.04. The van der Waals surface area contributed by atoms with Gasteiger partial charge in [-0.2, -0.15) is 0 Å². The molecule has 0 unspecified atom stereocenters. The first-order valence-electron chi connectivity index (χ1n) is 7.86. The molecule has 0 bridgehead atoms. The number of nitrogens with zero attached hydrogens (tertiary/aromatic N) is 2. The minimum absolute atomic E-state index is 0.0652. The van der Waals surface area contributed by atoms with E-state index in [2.05, 4.69) is 40.2 Å². The topological polar surface area (TPSA) is 37.3 Å². The fourth-order valence-electron chi connectivity index (χ4n) is 3.26. The van der Waals surface area contributed by atoms with Gasteiger partial charge in [-0.05, 0) is 50.1 Å². The summed E-state index contributed by atoms with van der Waals surface area (Å²) in [5.41, 5.74) is 3.29. The number of anilines is 1. The second kappa shape index (κ2) is 6.36. The third kappa shape index (κ3) is 3.07. The number of hydrogen-bond donors (Lipinski definition) is 1. The Labute approximate surface area is 131 Å². The zero-order chi connectivity index (χ0) is 15.5. The standard InChI is InChI=1S/C18H23N3O/c1-14-7-3-4-8-15(14)19-18(22)13-21-12-6-10-17(21)16-9-5-11-20(16)2/h3-5,7-9,11,17H,6,10,12-13H2,1-2H3,(H,19,22)/t17-/m1/s1. The number of aromatic nitrogens is 1. The van der Waals surface area contributed by atoms with Crippen LogP contribution in [-0.4, -0.2) is 28.5 Å². The van der Waals surface area contributed by atoms with Gasteiger partial charge >= 0.3 is 0 Å². The molecule has 2 heterocycles. The Morgan fingerprint density at radius 3 is 2.82 bits per heavy atom. The summed E-state index contributed by atoms with van der Waals surface area (Å²) in [5, 5.41) is 3.03. The SMILES string of the molecule is Cc1ccccc1NC(=O)CN1CCC[C@@H]1c1cccn1C. The van der Waals surface area contributed by atoms with Gasteiger partial charge in [0.25, 0.3) is 0 Å². The summed E-state index contributed by atoms with van der Waals surface area (Å²) < 4.78 is 2.15. The molecule has 1 aliphatic heterocycles. The highest BCUT2D eigenvalue weighted by atomic mass is 16.2. The molecule has 1 fully saturated rings. The lowest BCUT2D eigenvalue weighted by molar-refractivity contribution is -0.117. The molecular formula is C18H23N3O. The number of hydrogen-bond acceptors (Lipinski definition) is 2. The normalized spacial score (nSPS) is 18.5.